The summed E-state index contributed by atoms with van der Waals surface area (Å²) < 4.78 is 44.6. The zero-order chi connectivity index (χ0) is 18.9. The number of methoxy groups -OCH3 is 1. The molecule has 8 heteroatoms. The Morgan fingerprint density at radius 3 is 2.50 bits per heavy atom. The molecule has 2 aromatic rings. The highest BCUT2D eigenvalue weighted by Gasteiger charge is 2.53. The smallest absolute Gasteiger partial charge is 0.431 e. The van der Waals surface area contributed by atoms with Gasteiger partial charge in [-0.1, -0.05) is 36.4 Å². The molecule has 0 fully saturated rings. The molecule has 0 spiro atoms. The van der Waals surface area contributed by atoms with E-state index in [-0.39, 0.29) is 11.1 Å². The molecule has 0 aromatic heterocycles. The van der Waals surface area contributed by atoms with Crippen LogP contribution in [0.1, 0.15) is 22.3 Å². The maximum atomic E-state index is 13.2. The van der Waals surface area contributed by atoms with Gasteiger partial charge in [-0.25, -0.2) is 0 Å². The standard InChI is InChI=1S/C18H15F3N2O3/c1-26-14-9-5-6-12(10-14)16(24)23-17(25,13-7-3-2-4-8-13)11-15(22-23)18(19,20)21/h2-10,25H,11H2,1H3. The number of halogens is 3. The normalized spacial score (nSPS) is 20.0. The van der Waals surface area contributed by atoms with Crippen molar-refractivity contribution in [2.75, 3.05) is 7.11 Å². The molecule has 1 atom stereocenters. The van der Waals surface area contributed by atoms with E-state index in [0.29, 0.717) is 10.8 Å². The van der Waals surface area contributed by atoms with Crippen LogP contribution in [0.4, 0.5) is 13.2 Å². The zero-order valence-corrected chi connectivity index (χ0v) is 13.7. The first-order chi connectivity index (χ1) is 12.3. The number of hydrogen-bond donors (Lipinski definition) is 1. The summed E-state index contributed by atoms with van der Waals surface area (Å²) in [6.45, 7) is 0. The highest BCUT2D eigenvalue weighted by atomic mass is 19.4. The molecule has 1 aliphatic rings. The van der Waals surface area contributed by atoms with Crippen LogP contribution in [-0.2, 0) is 5.72 Å². The van der Waals surface area contributed by atoms with Crippen LogP contribution >= 0.6 is 0 Å². The van der Waals surface area contributed by atoms with Crippen LogP contribution < -0.4 is 4.74 Å². The average molecular weight is 364 g/mol. The van der Waals surface area contributed by atoms with Crippen molar-refractivity contribution in [3.8, 4) is 5.75 Å². The van der Waals surface area contributed by atoms with Gasteiger partial charge in [-0.05, 0) is 18.2 Å². The molecule has 0 saturated carbocycles. The summed E-state index contributed by atoms with van der Waals surface area (Å²) >= 11 is 0. The van der Waals surface area contributed by atoms with Crippen molar-refractivity contribution in [2.24, 2.45) is 5.10 Å². The number of carbonyl (C=O) groups excluding carboxylic acids is 1. The molecule has 1 amide bonds. The Bertz CT molecular complexity index is 852. The fourth-order valence-corrected chi connectivity index (χ4v) is 2.73. The second-order valence-electron chi connectivity index (χ2n) is 5.75. The lowest BCUT2D eigenvalue weighted by Crippen LogP contribution is -2.43. The van der Waals surface area contributed by atoms with E-state index in [9.17, 15) is 23.1 Å². The zero-order valence-electron chi connectivity index (χ0n) is 13.7. The lowest BCUT2D eigenvalue weighted by molar-refractivity contribution is -0.0816. The van der Waals surface area contributed by atoms with E-state index in [0.717, 1.165) is 0 Å². The van der Waals surface area contributed by atoms with Gasteiger partial charge in [0.05, 0.1) is 13.5 Å². The molecule has 0 radical (unpaired) electrons. The Kier molecular flexibility index (Phi) is 4.45. The molecule has 26 heavy (non-hydrogen) atoms. The number of rotatable bonds is 3. The summed E-state index contributed by atoms with van der Waals surface area (Å²) in [5, 5.41) is 14.9. The minimum atomic E-state index is -4.76. The molecule has 2 aromatic carbocycles. The van der Waals surface area contributed by atoms with E-state index < -0.39 is 29.9 Å². The number of ether oxygens (including phenoxy) is 1. The number of benzene rings is 2. The van der Waals surface area contributed by atoms with Crippen molar-refractivity contribution in [1.29, 1.82) is 0 Å². The minimum absolute atomic E-state index is 0.0471. The van der Waals surface area contributed by atoms with Crippen molar-refractivity contribution in [1.82, 2.24) is 5.01 Å². The maximum Gasteiger partial charge on any atom is 0.431 e. The van der Waals surface area contributed by atoms with Gasteiger partial charge in [0.1, 0.15) is 11.5 Å². The highest BCUT2D eigenvalue weighted by Crippen LogP contribution is 2.40. The summed E-state index contributed by atoms with van der Waals surface area (Å²) in [5.41, 5.74) is -3.27. The van der Waals surface area contributed by atoms with Gasteiger partial charge >= 0.3 is 6.18 Å². The van der Waals surface area contributed by atoms with Crippen LogP contribution in [0.2, 0.25) is 0 Å². The number of alkyl halides is 3. The third-order valence-corrected chi connectivity index (χ3v) is 4.06. The van der Waals surface area contributed by atoms with Crippen molar-refractivity contribution in [3.05, 3.63) is 65.7 Å². The fourth-order valence-electron chi connectivity index (χ4n) is 2.73. The highest BCUT2D eigenvalue weighted by molar-refractivity contribution is 6.00. The Balaban J connectivity index is 2.07. The number of carbonyl (C=O) groups is 1. The minimum Gasteiger partial charge on any atom is -0.497 e. The average Bonchev–Trinajstić information content (AvgIpc) is 3.01. The summed E-state index contributed by atoms with van der Waals surface area (Å²) in [6.07, 6.45) is -5.61. The summed E-state index contributed by atoms with van der Waals surface area (Å²) in [6, 6.07) is 13.6. The molecule has 136 valence electrons. The lowest BCUT2D eigenvalue weighted by Gasteiger charge is -2.31. The molecule has 3 rings (SSSR count). The number of amides is 1. The predicted molar refractivity (Wildman–Crippen MR) is 87.6 cm³/mol. The van der Waals surface area contributed by atoms with Gasteiger partial charge in [0.15, 0.2) is 5.72 Å². The van der Waals surface area contributed by atoms with E-state index in [2.05, 4.69) is 5.10 Å². The van der Waals surface area contributed by atoms with Gasteiger partial charge < -0.3 is 9.84 Å². The predicted octanol–water partition coefficient (Wildman–Crippen LogP) is 3.30. The molecular formula is C18H15F3N2O3. The molecular weight excluding hydrogens is 349 g/mol. The number of hydrogen-bond acceptors (Lipinski definition) is 4. The summed E-state index contributed by atoms with van der Waals surface area (Å²) in [5.74, 6) is -0.507. The van der Waals surface area contributed by atoms with Crippen molar-refractivity contribution < 1.29 is 27.8 Å². The SMILES string of the molecule is COc1cccc(C(=O)N2N=C(C(F)(F)F)CC2(O)c2ccccc2)c1. The van der Waals surface area contributed by atoms with Crippen LogP contribution in [-0.4, -0.2) is 35.0 Å². The maximum absolute atomic E-state index is 13.2. The van der Waals surface area contributed by atoms with Crippen molar-refractivity contribution in [2.45, 2.75) is 18.3 Å². The molecule has 1 unspecified atom stereocenters. The first-order valence-corrected chi connectivity index (χ1v) is 7.67. The van der Waals surface area contributed by atoms with E-state index in [1.54, 1.807) is 24.3 Å². The Morgan fingerprint density at radius 1 is 1.19 bits per heavy atom. The Morgan fingerprint density at radius 2 is 1.88 bits per heavy atom. The van der Waals surface area contributed by atoms with Gasteiger partial charge in [-0.15, -0.1) is 0 Å². The molecule has 1 heterocycles. The summed E-state index contributed by atoms with van der Waals surface area (Å²) in [4.78, 5) is 12.8. The Hall–Kier alpha value is -2.87. The lowest BCUT2D eigenvalue weighted by atomic mass is 9.96. The van der Waals surface area contributed by atoms with Crippen molar-refractivity contribution >= 4 is 11.6 Å². The molecule has 0 aliphatic carbocycles. The van der Waals surface area contributed by atoms with Crippen LogP contribution in [0, 0.1) is 0 Å². The second kappa shape index (κ2) is 6.45. The number of aliphatic hydroxyl groups is 1. The molecule has 5 nitrogen and oxygen atoms in total. The third kappa shape index (κ3) is 3.15. The third-order valence-electron chi connectivity index (χ3n) is 4.06. The quantitative estimate of drug-likeness (QED) is 0.909. The summed E-state index contributed by atoms with van der Waals surface area (Å²) in [7, 11) is 1.40. The topological polar surface area (TPSA) is 62.1 Å². The number of hydrazone groups is 1. The van der Waals surface area contributed by atoms with Crippen LogP contribution in [0.15, 0.2) is 59.7 Å². The molecule has 1 N–H and O–H groups in total. The molecule has 0 bridgehead atoms. The van der Waals surface area contributed by atoms with Crippen LogP contribution in [0.3, 0.4) is 0 Å². The van der Waals surface area contributed by atoms with E-state index in [4.69, 9.17) is 4.74 Å². The first-order valence-electron chi connectivity index (χ1n) is 7.67. The van der Waals surface area contributed by atoms with Gasteiger partial charge in [-0.2, -0.15) is 23.3 Å². The van der Waals surface area contributed by atoms with E-state index in [1.165, 1.54) is 37.4 Å². The fraction of sp³-hybridized carbons (Fsp3) is 0.222. The molecule has 0 saturated heterocycles. The molecule has 1 aliphatic heterocycles. The van der Waals surface area contributed by atoms with Crippen LogP contribution in [0.5, 0.6) is 5.75 Å². The monoisotopic (exact) mass is 364 g/mol. The van der Waals surface area contributed by atoms with Gasteiger partial charge in [0.25, 0.3) is 5.91 Å². The second-order valence-corrected chi connectivity index (χ2v) is 5.75. The van der Waals surface area contributed by atoms with Gasteiger partial charge in [0, 0.05) is 11.1 Å². The van der Waals surface area contributed by atoms with Crippen LogP contribution in [0.25, 0.3) is 0 Å². The van der Waals surface area contributed by atoms with E-state index >= 15 is 0 Å². The largest absolute Gasteiger partial charge is 0.497 e. The van der Waals surface area contributed by atoms with Gasteiger partial charge in [0.2, 0.25) is 0 Å². The van der Waals surface area contributed by atoms with E-state index in [1.807, 2.05) is 0 Å². The van der Waals surface area contributed by atoms with Gasteiger partial charge in [-0.3, -0.25) is 4.79 Å². The number of nitrogens with zero attached hydrogens (tertiary/aromatic N) is 2. The van der Waals surface area contributed by atoms with Crippen molar-refractivity contribution in [3.63, 3.8) is 0 Å². The Labute approximate surface area is 147 Å². The first kappa shape index (κ1) is 17.9.